The number of carbonyl (C=O) groups is 1. The molecule has 0 bridgehead atoms. The predicted octanol–water partition coefficient (Wildman–Crippen LogP) is 3.01. The normalized spacial score (nSPS) is 11.7. The van der Waals surface area contributed by atoms with Crippen molar-refractivity contribution in [1.29, 1.82) is 0 Å². The van der Waals surface area contributed by atoms with Gasteiger partial charge in [0.1, 0.15) is 23.5 Å². The van der Waals surface area contributed by atoms with Crippen LogP contribution in [0.3, 0.4) is 0 Å². The number of hydrogen-bond donors (Lipinski definition) is 2. The minimum absolute atomic E-state index is 0.219. The van der Waals surface area contributed by atoms with E-state index in [0.29, 0.717) is 29.1 Å². The van der Waals surface area contributed by atoms with Crippen LogP contribution in [-0.4, -0.2) is 37.2 Å². The second-order valence-electron chi connectivity index (χ2n) is 7.45. The van der Waals surface area contributed by atoms with Gasteiger partial charge in [-0.25, -0.2) is 19.6 Å². The van der Waals surface area contributed by atoms with Crippen molar-refractivity contribution in [3.63, 3.8) is 0 Å². The van der Waals surface area contributed by atoms with Gasteiger partial charge < -0.3 is 11.1 Å². The van der Waals surface area contributed by atoms with Gasteiger partial charge in [-0.1, -0.05) is 29.8 Å². The van der Waals surface area contributed by atoms with Crippen molar-refractivity contribution in [1.82, 2.24) is 30.0 Å². The fourth-order valence-electron chi connectivity index (χ4n) is 3.10. The van der Waals surface area contributed by atoms with Gasteiger partial charge in [0.15, 0.2) is 5.65 Å². The molecule has 0 unspecified atom stereocenters. The molecular weight excluding hydrogens is 386 g/mol. The van der Waals surface area contributed by atoms with E-state index in [2.05, 4.69) is 20.3 Å². The molecule has 0 aliphatic carbocycles. The van der Waals surface area contributed by atoms with Crippen LogP contribution in [0.15, 0.2) is 41.5 Å². The summed E-state index contributed by atoms with van der Waals surface area (Å²) in [5, 5.41) is 10.2. The van der Waals surface area contributed by atoms with Gasteiger partial charge in [-0.2, -0.15) is 5.10 Å². The zero-order valence-corrected chi connectivity index (χ0v) is 17.2. The fourth-order valence-corrected chi connectivity index (χ4v) is 3.63. The fraction of sp³-hybridized carbons (Fsp3) is 0.250. The summed E-state index contributed by atoms with van der Waals surface area (Å²) < 4.78 is 1.80. The molecule has 4 aromatic rings. The van der Waals surface area contributed by atoms with E-state index >= 15 is 0 Å². The molecule has 0 aliphatic rings. The first kappa shape index (κ1) is 19.0. The van der Waals surface area contributed by atoms with Gasteiger partial charge in [-0.15, -0.1) is 11.3 Å². The van der Waals surface area contributed by atoms with Crippen LogP contribution in [0.5, 0.6) is 0 Å². The molecule has 0 aliphatic heterocycles. The number of nitrogen functional groups attached to an aromatic ring is 1. The van der Waals surface area contributed by atoms with E-state index in [1.165, 1.54) is 17.7 Å². The molecule has 0 atom stereocenters. The molecule has 0 fully saturated rings. The molecule has 1 aromatic carbocycles. The third-order valence-electron chi connectivity index (χ3n) is 4.74. The Balaban J connectivity index is 1.74. The molecule has 3 N–H and O–H groups in total. The van der Waals surface area contributed by atoms with Crippen LogP contribution in [-0.2, 0) is 5.54 Å². The van der Waals surface area contributed by atoms with Gasteiger partial charge in [0.25, 0.3) is 5.91 Å². The van der Waals surface area contributed by atoms with Crippen molar-refractivity contribution in [2.45, 2.75) is 26.3 Å². The van der Waals surface area contributed by atoms with E-state index in [-0.39, 0.29) is 5.91 Å². The quantitative estimate of drug-likeness (QED) is 0.526. The number of aromatic nitrogens is 5. The molecule has 0 radical (unpaired) electrons. The summed E-state index contributed by atoms with van der Waals surface area (Å²) in [5.41, 5.74) is 11.1. The number of rotatable bonds is 5. The molecule has 0 saturated heterocycles. The highest BCUT2D eigenvalue weighted by Crippen LogP contribution is 2.33. The lowest BCUT2D eigenvalue weighted by atomic mass is 10.1. The Hall–Kier alpha value is -3.33. The van der Waals surface area contributed by atoms with E-state index in [1.807, 2.05) is 45.0 Å². The van der Waals surface area contributed by atoms with Gasteiger partial charge in [-0.3, -0.25) is 4.79 Å². The Bertz CT molecular complexity index is 1160. The van der Waals surface area contributed by atoms with Crippen molar-refractivity contribution >= 4 is 34.1 Å². The highest BCUT2D eigenvalue weighted by Gasteiger charge is 2.28. The third-order valence-corrected chi connectivity index (χ3v) is 5.33. The van der Waals surface area contributed by atoms with Crippen LogP contribution < -0.4 is 11.1 Å². The average molecular weight is 408 g/mol. The molecule has 0 saturated carbocycles. The summed E-state index contributed by atoms with van der Waals surface area (Å²) in [7, 11) is 0. The average Bonchev–Trinajstić information content (AvgIpc) is 3.36. The SMILES string of the molecule is Cc1ccc(-c2nn(C(C)(C)CNC(=O)c3cscn3)c3ncnc(N)c23)cc1. The van der Waals surface area contributed by atoms with Crippen molar-refractivity contribution in [3.05, 3.63) is 52.7 Å². The summed E-state index contributed by atoms with van der Waals surface area (Å²) in [6.45, 7) is 6.35. The van der Waals surface area contributed by atoms with Gasteiger partial charge in [0.2, 0.25) is 0 Å². The molecule has 1 amide bonds. The Kier molecular flexibility index (Phi) is 4.75. The monoisotopic (exact) mass is 407 g/mol. The summed E-state index contributed by atoms with van der Waals surface area (Å²) in [6, 6.07) is 8.06. The summed E-state index contributed by atoms with van der Waals surface area (Å²) in [5.74, 6) is 0.155. The number of nitrogens with one attached hydrogen (secondary N) is 1. The molecule has 4 rings (SSSR count). The smallest absolute Gasteiger partial charge is 0.270 e. The topological polar surface area (TPSA) is 112 Å². The molecule has 3 aromatic heterocycles. The zero-order chi connectivity index (χ0) is 20.6. The Morgan fingerprint density at radius 2 is 1.97 bits per heavy atom. The zero-order valence-electron chi connectivity index (χ0n) is 16.4. The number of thiazole rings is 1. The number of amides is 1. The first-order valence-electron chi connectivity index (χ1n) is 9.10. The lowest BCUT2D eigenvalue weighted by Crippen LogP contribution is -2.41. The summed E-state index contributed by atoms with van der Waals surface area (Å²) in [4.78, 5) is 25.0. The largest absolute Gasteiger partial charge is 0.383 e. The second-order valence-corrected chi connectivity index (χ2v) is 8.17. The Labute approximate surface area is 171 Å². The van der Waals surface area contributed by atoms with E-state index in [1.54, 1.807) is 15.6 Å². The molecule has 148 valence electrons. The second kappa shape index (κ2) is 7.25. The summed E-state index contributed by atoms with van der Waals surface area (Å²) in [6.07, 6.45) is 1.43. The van der Waals surface area contributed by atoms with Gasteiger partial charge in [0, 0.05) is 17.5 Å². The van der Waals surface area contributed by atoms with Gasteiger partial charge in [-0.05, 0) is 20.8 Å². The maximum absolute atomic E-state index is 12.3. The number of carbonyl (C=O) groups excluding carboxylic acids is 1. The van der Waals surface area contributed by atoms with E-state index in [9.17, 15) is 4.79 Å². The van der Waals surface area contributed by atoms with Crippen molar-refractivity contribution in [2.24, 2.45) is 0 Å². The number of nitrogens with zero attached hydrogens (tertiary/aromatic N) is 5. The number of hydrogen-bond acceptors (Lipinski definition) is 7. The highest BCUT2D eigenvalue weighted by atomic mass is 32.1. The molecule has 0 spiro atoms. The van der Waals surface area contributed by atoms with Crippen molar-refractivity contribution in [3.8, 4) is 11.3 Å². The number of benzene rings is 1. The Morgan fingerprint density at radius 1 is 1.21 bits per heavy atom. The van der Waals surface area contributed by atoms with E-state index in [0.717, 1.165) is 16.8 Å². The van der Waals surface area contributed by atoms with Crippen LogP contribution in [0.1, 0.15) is 29.9 Å². The molecule has 8 nitrogen and oxygen atoms in total. The van der Waals surface area contributed by atoms with Crippen molar-refractivity contribution in [2.75, 3.05) is 12.3 Å². The van der Waals surface area contributed by atoms with Crippen LogP contribution >= 0.6 is 11.3 Å². The van der Waals surface area contributed by atoms with E-state index < -0.39 is 5.54 Å². The lowest BCUT2D eigenvalue weighted by Gasteiger charge is -2.26. The summed E-state index contributed by atoms with van der Waals surface area (Å²) >= 11 is 1.38. The minimum atomic E-state index is -0.562. The predicted molar refractivity (Wildman–Crippen MR) is 114 cm³/mol. The third kappa shape index (κ3) is 3.56. The first-order chi connectivity index (χ1) is 13.9. The molecule has 29 heavy (non-hydrogen) atoms. The van der Waals surface area contributed by atoms with Crippen LogP contribution in [0, 0.1) is 6.92 Å². The van der Waals surface area contributed by atoms with Crippen LogP contribution in [0.4, 0.5) is 5.82 Å². The Morgan fingerprint density at radius 3 is 2.66 bits per heavy atom. The standard InChI is InChI=1S/C20H21N7OS/c1-12-4-6-13(7-5-12)16-15-17(21)23-10-24-18(15)27(26-16)20(2,3)9-22-19(28)14-8-29-11-25-14/h4-8,10-11H,9H2,1-3H3,(H,22,28)(H2,21,23,24). The van der Waals surface area contributed by atoms with Gasteiger partial charge in [0.05, 0.1) is 16.4 Å². The minimum Gasteiger partial charge on any atom is -0.383 e. The van der Waals surface area contributed by atoms with Crippen molar-refractivity contribution < 1.29 is 4.79 Å². The lowest BCUT2D eigenvalue weighted by molar-refractivity contribution is 0.0932. The van der Waals surface area contributed by atoms with Gasteiger partial charge >= 0.3 is 0 Å². The van der Waals surface area contributed by atoms with E-state index in [4.69, 9.17) is 10.8 Å². The molecule has 9 heteroatoms. The number of fused-ring (bicyclic) bond motifs is 1. The maximum atomic E-state index is 12.3. The maximum Gasteiger partial charge on any atom is 0.270 e. The van der Waals surface area contributed by atoms with Crippen LogP contribution in [0.2, 0.25) is 0 Å². The van der Waals surface area contributed by atoms with Crippen LogP contribution in [0.25, 0.3) is 22.3 Å². The number of aryl methyl sites for hydroxylation is 1. The number of nitrogens with two attached hydrogens (primary N) is 1. The molecule has 3 heterocycles. The highest BCUT2D eigenvalue weighted by molar-refractivity contribution is 7.07. The number of anilines is 1. The molecular formula is C20H21N7OS. The first-order valence-corrected chi connectivity index (χ1v) is 10.0.